The summed E-state index contributed by atoms with van der Waals surface area (Å²) in [6.07, 6.45) is 1.24. The van der Waals surface area contributed by atoms with E-state index in [9.17, 15) is 4.79 Å². The average Bonchev–Trinajstić information content (AvgIpc) is 2.49. The van der Waals surface area contributed by atoms with Gasteiger partial charge in [-0.1, -0.05) is 0 Å². The van der Waals surface area contributed by atoms with Crippen molar-refractivity contribution in [2.45, 2.75) is 12.8 Å². The number of amides is 1. The molecule has 108 valence electrons. The fraction of sp³-hybridized carbons (Fsp3) is 0.188. The van der Waals surface area contributed by atoms with E-state index >= 15 is 0 Å². The Morgan fingerprint density at radius 3 is 2.67 bits per heavy atom. The molecule has 0 bridgehead atoms. The van der Waals surface area contributed by atoms with E-state index in [0.717, 1.165) is 34.8 Å². The number of nitrogens with one attached hydrogen (secondary N) is 2. The van der Waals surface area contributed by atoms with Gasteiger partial charge < -0.3 is 21.1 Å². The molecule has 1 aliphatic rings. The third-order valence-electron chi connectivity index (χ3n) is 3.54. The summed E-state index contributed by atoms with van der Waals surface area (Å²) in [4.78, 5) is 11.5. The quantitative estimate of drug-likeness (QED) is 0.757. The summed E-state index contributed by atoms with van der Waals surface area (Å²) in [6, 6.07) is 11.4. The van der Waals surface area contributed by atoms with E-state index in [0.29, 0.717) is 12.1 Å². The number of carbonyl (C=O) groups excluding carboxylic acids is 1. The monoisotopic (exact) mass is 283 g/mol. The van der Waals surface area contributed by atoms with Gasteiger partial charge in [0.15, 0.2) is 0 Å². The summed E-state index contributed by atoms with van der Waals surface area (Å²) in [5, 5.41) is 6.13. The summed E-state index contributed by atoms with van der Waals surface area (Å²) < 4.78 is 5.13. The zero-order valence-electron chi connectivity index (χ0n) is 11.8. The number of anilines is 4. The lowest BCUT2D eigenvalue weighted by molar-refractivity contribution is -0.116. The van der Waals surface area contributed by atoms with Crippen LogP contribution in [0.2, 0.25) is 0 Å². The molecule has 21 heavy (non-hydrogen) atoms. The van der Waals surface area contributed by atoms with E-state index in [4.69, 9.17) is 10.5 Å². The SMILES string of the molecule is COc1ccc(Nc2cc3c(cc2N)CCC(=O)N3)cc1. The Labute approximate surface area is 123 Å². The van der Waals surface area contributed by atoms with Gasteiger partial charge in [-0.3, -0.25) is 4.79 Å². The van der Waals surface area contributed by atoms with Gasteiger partial charge in [0.2, 0.25) is 5.91 Å². The second-order valence-corrected chi connectivity index (χ2v) is 5.00. The van der Waals surface area contributed by atoms with Gasteiger partial charge in [-0.15, -0.1) is 0 Å². The Bertz CT molecular complexity index is 681. The van der Waals surface area contributed by atoms with Crippen LogP contribution < -0.4 is 21.1 Å². The number of carbonyl (C=O) groups is 1. The molecule has 5 heteroatoms. The number of hydrogen-bond donors (Lipinski definition) is 3. The standard InChI is InChI=1S/C16H17N3O2/c1-21-12-5-3-11(4-6-12)18-15-9-14-10(8-13(15)17)2-7-16(20)19-14/h3-6,8-9,18H,2,7,17H2,1H3,(H,19,20). The minimum atomic E-state index is 0.0441. The van der Waals surface area contributed by atoms with E-state index < -0.39 is 0 Å². The van der Waals surface area contributed by atoms with Gasteiger partial charge in [0, 0.05) is 17.8 Å². The van der Waals surface area contributed by atoms with Crippen molar-refractivity contribution >= 4 is 28.7 Å². The van der Waals surface area contributed by atoms with Crippen molar-refractivity contribution in [3.05, 3.63) is 42.0 Å². The van der Waals surface area contributed by atoms with Crippen LogP contribution in [0.4, 0.5) is 22.7 Å². The maximum absolute atomic E-state index is 11.5. The van der Waals surface area contributed by atoms with Crippen molar-refractivity contribution in [3.63, 3.8) is 0 Å². The fourth-order valence-electron chi connectivity index (χ4n) is 2.39. The number of nitrogen functional groups attached to an aromatic ring is 1. The maximum atomic E-state index is 11.5. The smallest absolute Gasteiger partial charge is 0.224 e. The molecule has 0 spiro atoms. The largest absolute Gasteiger partial charge is 0.497 e. The predicted molar refractivity (Wildman–Crippen MR) is 84.1 cm³/mol. The first kappa shape index (κ1) is 13.3. The molecule has 0 aliphatic carbocycles. The topological polar surface area (TPSA) is 76.4 Å². The average molecular weight is 283 g/mol. The molecule has 5 nitrogen and oxygen atoms in total. The highest BCUT2D eigenvalue weighted by Gasteiger charge is 2.16. The molecule has 2 aromatic carbocycles. The molecule has 0 saturated carbocycles. The molecule has 2 aromatic rings. The first-order valence-electron chi connectivity index (χ1n) is 6.79. The van der Waals surface area contributed by atoms with E-state index in [1.54, 1.807) is 7.11 Å². The minimum Gasteiger partial charge on any atom is -0.497 e. The van der Waals surface area contributed by atoms with Crippen molar-refractivity contribution in [2.24, 2.45) is 0 Å². The molecule has 0 atom stereocenters. The maximum Gasteiger partial charge on any atom is 0.224 e. The van der Waals surface area contributed by atoms with Crippen LogP contribution in [-0.2, 0) is 11.2 Å². The molecule has 0 fully saturated rings. The molecule has 0 unspecified atom stereocenters. The zero-order valence-corrected chi connectivity index (χ0v) is 11.8. The van der Waals surface area contributed by atoms with Crippen LogP contribution in [-0.4, -0.2) is 13.0 Å². The highest BCUT2D eigenvalue weighted by Crippen LogP contribution is 2.33. The predicted octanol–water partition coefficient (Wildman–Crippen LogP) is 2.91. The normalized spacial score (nSPS) is 13.3. The number of nitrogens with two attached hydrogens (primary N) is 1. The van der Waals surface area contributed by atoms with Crippen LogP contribution in [0.5, 0.6) is 5.75 Å². The van der Waals surface area contributed by atoms with Gasteiger partial charge in [0.25, 0.3) is 0 Å². The summed E-state index contributed by atoms with van der Waals surface area (Å²) >= 11 is 0. The number of rotatable bonds is 3. The van der Waals surface area contributed by atoms with Gasteiger partial charge in [-0.25, -0.2) is 0 Å². The molecule has 0 saturated heterocycles. The van der Waals surface area contributed by atoms with Crippen LogP contribution in [0.15, 0.2) is 36.4 Å². The van der Waals surface area contributed by atoms with Crippen LogP contribution >= 0.6 is 0 Å². The van der Waals surface area contributed by atoms with Crippen molar-refractivity contribution in [1.82, 2.24) is 0 Å². The molecule has 0 aromatic heterocycles. The van der Waals surface area contributed by atoms with E-state index in [1.807, 2.05) is 36.4 Å². The number of fused-ring (bicyclic) bond motifs is 1. The number of ether oxygens (including phenoxy) is 1. The van der Waals surface area contributed by atoms with Crippen LogP contribution in [0.1, 0.15) is 12.0 Å². The molecule has 1 heterocycles. The molecular formula is C16H17N3O2. The van der Waals surface area contributed by atoms with Crippen molar-refractivity contribution in [1.29, 1.82) is 0 Å². The van der Waals surface area contributed by atoms with Gasteiger partial charge in [-0.2, -0.15) is 0 Å². The van der Waals surface area contributed by atoms with Crippen molar-refractivity contribution in [3.8, 4) is 5.75 Å². The van der Waals surface area contributed by atoms with Crippen molar-refractivity contribution in [2.75, 3.05) is 23.5 Å². The molecule has 1 amide bonds. The lowest BCUT2D eigenvalue weighted by atomic mass is 10.0. The Balaban J connectivity index is 1.87. The first-order valence-corrected chi connectivity index (χ1v) is 6.79. The lowest BCUT2D eigenvalue weighted by Crippen LogP contribution is -2.19. The van der Waals surface area contributed by atoms with E-state index in [-0.39, 0.29) is 5.91 Å². The second-order valence-electron chi connectivity index (χ2n) is 5.00. The highest BCUT2D eigenvalue weighted by molar-refractivity contribution is 5.96. The molecule has 3 rings (SSSR count). The summed E-state index contributed by atoms with van der Waals surface area (Å²) in [7, 11) is 1.63. The van der Waals surface area contributed by atoms with Gasteiger partial charge in [0.1, 0.15) is 5.75 Å². The third kappa shape index (κ3) is 2.76. The lowest BCUT2D eigenvalue weighted by Gasteiger charge is -2.20. The Hall–Kier alpha value is -2.69. The van der Waals surface area contributed by atoms with Crippen LogP contribution in [0.3, 0.4) is 0 Å². The van der Waals surface area contributed by atoms with Gasteiger partial charge >= 0.3 is 0 Å². The summed E-state index contributed by atoms with van der Waals surface area (Å²) in [5.74, 6) is 0.842. The highest BCUT2D eigenvalue weighted by atomic mass is 16.5. The Morgan fingerprint density at radius 1 is 1.19 bits per heavy atom. The number of aryl methyl sites for hydroxylation is 1. The summed E-state index contributed by atoms with van der Waals surface area (Å²) in [6.45, 7) is 0. The Morgan fingerprint density at radius 2 is 1.95 bits per heavy atom. The second kappa shape index (κ2) is 5.36. The van der Waals surface area contributed by atoms with Crippen LogP contribution in [0, 0.1) is 0 Å². The van der Waals surface area contributed by atoms with Gasteiger partial charge in [0.05, 0.1) is 18.5 Å². The molecule has 0 radical (unpaired) electrons. The number of methoxy groups -OCH3 is 1. The Kier molecular flexibility index (Phi) is 3.39. The number of hydrogen-bond acceptors (Lipinski definition) is 4. The summed E-state index contributed by atoms with van der Waals surface area (Å²) in [5.41, 5.74) is 10.3. The van der Waals surface area contributed by atoms with E-state index in [2.05, 4.69) is 10.6 Å². The van der Waals surface area contributed by atoms with Crippen molar-refractivity contribution < 1.29 is 9.53 Å². The number of benzene rings is 2. The van der Waals surface area contributed by atoms with Crippen LogP contribution in [0.25, 0.3) is 0 Å². The zero-order chi connectivity index (χ0) is 14.8. The minimum absolute atomic E-state index is 0.0441. The fourth-order valence-corrected chi connectivity index (χ4v) is 2.39. The first-order chi connectivity index (χ1) is 10.2. The molecule has 1 aliphatic heterocycles. The van der Waals surface area contributed by atoms with E-state index in [1.165, 1.54) is 0 Å². The molecule has 4 N–H and O–H groups in total. The van der Waals surface area contributed by atoms with Gasteiger partial charge in [-0.05, 0) is 48.4 Å². The molecular weight excluding hydrogens is 266 g/mol. The third-order valence-corrected chi connectivity index (χ3v) is 3.54.